The maximum atomic E-state index is 8.73. The average molecular weight is 276 g/mol. The number of methoxy groups -OCH3 is 1. The molecule has 0 fully saturated rings. The Hall–Kier alpha value is -1.50. The molecular formula is C17H24O3. The van der Waals surface area contributed by atoms with E-state index >= 15 is 0 Å². The minimum atomic E-state index is -0.136. The molecule has 1 atom stereocenters. The first-order chi connectivity index (χ1) is 9.56. The third kappa shape index (κ3) is 5.64. The molecule has 1 rings (SSSR count). The van der Waals surface area contributed by atoms with E-state index in [9.17, 15) is 0 Å². The average Bonchev–Trinajstić information content (AvgIpc) is 2.42. The fourth-order valence-corrected chi connectivity index (χ4v) is 2.07. The second-order valence-electron chi connectivity index (χ2n) is 5.24. The number of benzene rings is 1. The van der Waals surface area contributed by atoms with Crippen molar-refractivity contribution < 1.29 is 14.6 Å². The predicted molar refractivity (Wildman–Crippen MR) is 80.7 cm³/mol. The summed E-state index contributed by atoms with van der Waals surface area (Å²) in [6, 6.07) is 5.71. The molecule has 110 valence electrons. The van der Waals surface area contributed by atoms with Gasteiger partial charge in [0.2, 0.25) is 0 Å². The van der Waals surface area contributed by atoms with E-state index in [1.165, 1.54) is 0 Å². The van der Waals surface area contributed by atoms with Gasteiger partial charge >= 0.3 is 0 Å². The van der Waals surface area contributed by atoms with E-state index in [1.54, 1.807) is 7.11 Å². The van der Waals surface area contributed by atoms with Crippen LogP contribution in [0.1, 0.15) is 38.3 Å². The summed E-state index contributed by atoms with van der Waals surface area (Å²) in [5, 5.41) is 8.73. The lowest BCUT2D eigenvalue weighted by molar-refractivity contribution is 0.0387. The van der Waals surface area contributed by atoms with Gasteiger partial charge in [-0.1, -0.05) is 25.7 Å². The van der Waals surface area contributed by atoms with Crippen molar-refractivity contribution in [3.05, 3.63) is 29.3 Å². The minimum absolute atomic E-state index is 0.136. The van der Waals surface area contributed by atoms with Gasteiger partial charge in [0.05, 0.1) is 19.8 Å². The Bertz CT molecular complexity index is 469. The van der Waals surface area contributed by atoms with Crippen LogP contribution < -0.4 is 4.74 Å². The summed E-state index contributed by atoms with van der Waals surface area (Å²) in [6.07, 6.45) is 1.25. The molecule has 1 unspecified atom stereocenters. The fourth-order valence-electron chi connectivity index (χ4n) is 2.07. The molecule has 3 nitrogen and oxygen atoms in total. The van der Waals surface area contributed by atoms with Crippen LogP contribution in [0.4, 0.5) is 0 Å². The van der Waals surface area contributed by atoms with Crippen LogP contribution in [-0.2, 0) is 11.3 Å². The lowest BCUT2D eigenvalue weighted by atomic mass is 10.1. The molecule has 0 aliphatic rings. The van der Waals surface area contributed by atoms with Crippen LogP contribution in [0.3, 0.4) is 0 Å². The highest BCUT2D eigenvalue weighted by Gasteiger charge is 2.09. The minimum Gasteiger partial charge on any atom is -0.496 e. The van der Waals surface area contributed by atoms with Crippen LogP contribution in [0.25, 0.3) is 0 Å². The van der Waals surface area contributed by atoms with E-state index in [1.807, 2.05) is 18.2 Å². The zero-order chi connectivity index (χ0) is 15.0. The van der Waals surface area contributed by atoms with E-state index in [0.717, 1.165) is 23.3 Å². The highest BCUT2D eigenvalue weighted by Crippen LogP contribution is 2.21. The molecule has 0 heterocycles. The number of aliphatic hydroxyl groups is 1. The van der Waals surface area contributed by atoms with Crippen LogP contribution in [0.15, 0.2) is 18.2 Å². The molecule has 0 bridgehead atoms. The first kappa shape index (κ1) is 16.6. The Morgan fingerprint density at radius 2 is 2.00 bits per heavy atom. The van der Waals surface area contributed by atoms with Crippen molar-refractivity contribution in [2.75, 3.05) is 13.7 Å². The standard InChI is InChI=1S/C17H24O3/c1-13(2)10-14(3)20-12-16-11-15(6-5-9-18)7-8-17(16)19-4/h7-8,11,13-14,18H,9-10,12H2,1-4H3. The Balaban J connectivity index is 2.75. The largest absolute Gasteiger partial charge is 0.496 e. The molecule has 3 heteroatoms. The molecule has 0 spiro atoms. The summed E-state index contributed by atoms with van der Waals surface area (Å²) in [7, 11) is 1.65. The molecule has 0 aromatic heterocycles. The molecule has 0 saturated carbocycles. The topological polar surface area (TPSA) is 38.7 Å². The lowest BCUT2D eigenvalue weighted by Crippen LogP contribution is -2.11. The van der Waals surface area contributed by atoms with Crippen molar-refractivity contribution in [2.24, 2.45) is 5.92 Å². The summed E-state index contributed by atoms with van der Waals surface area (Å²) in [5.41, 5.74) is 1.84. The smallest absolute Gasteiger partial charge is 0.124 e. The quantitative estimate of drug-likeness (QED) is 0.812. The Morgan fingerprint density at radius 3 is 2.60 bits per heavy atom. The second-order valence-corrected chi connectivity index (χ2v) is 5.24. The third-order valence-corrected chi connectivity index (χ3v) is 2.92. The van der Waals surface area contributed by atoms with Gasteiger partial charge in [0.15, 0.2) is 0 Å². The van der Waals surface area contributed by atoms with Gasteiger partial charge in [0.1, 0.15) is 12.4 Å². The van der Waals surface area contributed by atoms with Crippen molar-refractivity contribution in [3.8, 4) is 17.6 Å². The van der Waals surface area contributed by atoms with Crippen LogP contribution in [0.2, 0.25) is 0 Å². The highest BCUT2D eigenvalue weighted by molar-refractivity contribution is 5.44. The predicted octanol–water partition coefficient (Wildman–Crippen LogP) is 2.99. The maximum absolute atomic E-state index is 8.73. The van der Waals surface area contributed by atoms with Gasteiger partial charge < -0.3 is 14.6 Å². The van der Waals surface area contributed by atoms with Crippen LogP contribution in [0, 0.1) is 17.8 Å². The lowest BCUT2D eigenvalue weighted by Gasteiger charge is -2.16. The highest BCUT2D eigenvalue weighted by atomic mass is 16.5. The summed E-state index contributed by atoms with van der Waals surface area (Å²) >= 11 is 0. The molecule has 0 radical (unpaired) electrons. The van der Waals surface area contributed by atoms with Gasteiger partial charge in [-0.25, -0.2) is 0 Å². The Labute approximate surface area is 121 Å². The molecule has 0 aliphatic carbocycles. The zero-order valence-corrected chi connectivity index (χ0v) is 12.8. The zero-order valence-electron chi connectivity index (χ0n) is 12.8. The van der Waals surface area contributed by atoms with Crippen LogP contribution >= 0.6 is 0 Å². The SMILES string of the molecule is COc1ccc(C#CCO)cc1COC(C)CC(C)C. The summed E-state index contributed by atoms with van der Waals surface area (Å²) < 4.78 is 11.2. The first-order valence-electron chi connectivity index (χ1n) is 6.95. The van der Waals surface area contributed by atoms with Gasteiger partial charge in [-0.3, -0.25) is 0 Å². The number of aliphatic hydroxyl groups excluding tert-OH is 1. The summed E-state index contributed by atoms with van der Waals surface area (Å²) in [5.74, 6) is 6.96. The van der Waals surface area contributed by atoms with Gasteiger partial charge in [-0.05, 0) is 37.5 Å². The molecule has 0 aliphatic heterocycles. The van der Waals surface area contributed by atoms with Crippen molar-refractivity contribution >= 4 is 0 Å². The molecule has 1 aromatic carbocycles. The third-order valence-electron chi connectivity index (χ3n) is 2.92. The Kier molecular flexibility index (Phi) is 7.14. The monoisotopic (exact) mass is 276 g/mol. The van der Waals surface area contributed by atoms with Gasteiger partial charge in [0.25, 0.3) is 0 Å². The molecule has 1 aromatic rings. The van der Waals surface area contributed by atoms with Crippen molar-refractivity contribution in [3.63, 3.8) is 0 Å². The van der Waals surface area contributed by atoms with E-state index in [0.29, 0.717) is 12.5 Å². The Morgan fingerprint density at radius 1 is 1.25 bits per heavy atom. The maximum Gasteiger partial charge on any atom is 0.124 e. The normalized spacial score (nSPS) is 11.9. The van der Waals surface area contributed by atoms with E-state index < -0.39 is 0 Å². The first-order valence-corrected chi connectivity index (χ1v) is 6.95. The van der Waals surface area contributed by atoms with Gasteiger partial charge in [-0.2, -0.15) is 0 Å². The molecule has 0 saturated heterocycles. The van der Waals surface area contributed by atoms with Gasteiger partial charge in [0, 0.05) is 11.1 Å². The number of hydrogen-bond acceptors (Lipinski definition) is 3. The number of hydrogen-bond donors (Lipinski definition) is 1. The van der Waals surface area contributed by atoms with Crippen LogP contribution in [-0.4, -0.2) is 24.9 Å². The summed E-state index contributed by atoms with van der Waals surface area (Å²) in [4.78, 5) is 0. The van der Waals surface area contributed by atoms with E-state index in [-0.39, 0.29) is 12.7 Å². The van der Waals surface area contributed by atoms with Crippen molar-refractivity contribution in [1.29, 1.82) is 0 Å². The van der Waals surface area contributed by atoms with Gasteiger partial charge in [-0.15, -0.1) is 0 Å². The summed E-state index contributed by atoms with van der Waals surface area (Å²) in [6.45, 7) is 6.83. The number of rotatable bonds is 6. The van der Waals surface area contributed by atoms with E-state index in [2.05, 4.69) is 32.6 Å². The molecule has 1 N–H and O–H groups in total. The molecule has 0 amide bonds. The fraction of sp³-hybridized carbons (Fsp3) is 0.529. The van der Waals surface area contributed by atoms with Crippen molar-refractivity contribution in [1.82, 2.24) is 0 Å². The molecular weight excluding hydrogens is 252 g/mol. The van der Waals surface area contributed by atoms with E-state index in [4.69, 9.17) is 14.6 Å². The second kappa shape index (κ2) is 8.63. The molecule has 20 heavy (non-hydrogen) atoms. The van der Waals surface area contributed by atoms with Crippen molar-refractivity contribution in [2.45, 2.75) is 39.9 Å². The number of ether oxygens (including phenoxy) is 2. The van der Waals surface area contributed by atoms with Crippen LogP contribution in [0.5, 0.6) is 5.75 Å².